The van der Waals surface area contributed by atoms with Gasteiger partial charge < -0.3 is 9.47 Å². The molecule has 180 valence electrons. The number of hydrogen-bond acceptors (Lipinski definition) is 3. The van der Waals surface area contributed by atoms with Crippen molar-refractivity contribution in [2.24, 2.45) is 11.8 Å². The van der Waals surface area contributed by atoms with E-state index in [0.29, 0.717) is 17.9 Å². The molecular formula is C27H34F3NO2. The van der Waals surface area contributed by atoms with Gasteiger partial charge in [-0.3, -0.25) is 0 Å². The maximum Gasteiger partial charge on any atom is 0.573 e. The highest BCUT2D eigenvalue weighted by molar-refractivity contribution is 5.29. The Balaban J connectivity index is 1.29. The lowest BCUT2D eigenvalue weighted by atomic mass is 9.80. The van der Waals surface area contributed by atoms with E-state index in [9.17, 15) is 13.2 Å². The van der Waals surface area contributed by atoms with Gasteiger partial charge in [0.1, 0.15) is 5.75 Å². The van der Waals surface area contributed by atoms with Gasteiger partial charge in [0, 0.05) is 12.7 Å². The lowest BCUT2D eigenvalue weighted by Gasteiger charge is -2.32. The minimum Gasteiger partial charge on any atom is -0.406 e. The number of allylic oxidation sites excluding steroid dienone is 4. The molecule has 0 aromatic heterocycles. The van der Waals surface area contributed by atoms with E-state index in [1.54, 1.807) is 18.2 Å². The van der Waals surface area contributed by atoms with Crippen LogP contribution in [0.1, 0.15) is 75.7 Å². The molecule has 0 bridgehead atoms. The Morgan fingerprint density at radius 3 is 2.21 bits per heavy atom. The summed E-state index contributed by atoms with van der Waals surface area (Å²) < 4.78 is 47.2. The van der Waals surface area contributed by atoms with Crippen LogP contribution >= 0.6 is 0 Å². The van der Waals surface area contributed by atoms with Crippen LogP contribution in [0, 0.1) is 23.2 Å². The smallest absolute Gasteiger partial charge is 0.406 e. The quantitative estimate of drug-likeness (QED) is 0.278. The second kappa shape index (κ2) is 12.8. The summed E-state index contributed by atoms with van der Waals surface area (Å²) in [6.07, 6.45) is 14.4. The van der Waals surface area contributed by atoms with Crippen LogP contribution in [0.3, 0.4) is 0 Å². The summed E-state index contributed by atoms with van der Waals surface area (Å²) in [7, 11) is 0. The van der Waals surface area contributed by atoms with Crippen molar-refractivity contribution in [2.45, 2.75) is 82.6 Å². The molecule has 1 aromatic rings. The molecule has 6 heteroatoms. The van der Waals surface area contributed by atoms with Crippen LogP contribution in [0.2, 0.25) is 0 Å². The fourth-order valence-electron chi connectivity index (χ4n) is 5.07. The van der Waals surface area contributed by atoms with Gasteiger partial charge in [0.05, 0.1) is 12.2 Å². The fourth-order valence-corrected chi connectivity index (χ4v) is 5.07. The zero-order valence-corrected chi connectivity index (χ0v) is 19.1. The topological polar surface area (TPSA) is 42.2 Å². The van der Waals surface area contributed by atoms with Gasteiger partial charge in [-0.1, -0.05) is 43.2 Å². The molecule has 3 nitrogen and oxygen atoms in total. The van der Waals surface area contributed by atoms with Crippen molar-refractivity contribution in [3.63, 3.8) is 0 Å². The molecule has 0 aliphatic heterocycles. The first kappa shape index (κ1) is 25.4. The summed E-state index contributed by atoms with van der Waals surface area (Å²) in [5, 5.41) is 8.46. The number of benzene rings is 1. The maximum atomic E-state index is 12.3. The number of alkyl halides is 3. The van der Waals surface area contributed by atoms with Crippen LogP contribution in [0.5, 0.6) is 5.75 Å². The summed E-state index contributed by atoms with van der Waals surface area (Å²) in [4.78, 5) is 0. The molecule has 2 saturated carbocycles. The summed E-state index contributed by atoms with van der Waals surface area (Å²) in [5.74, 6) is 1.68. The van der Waals surface area contributed by atoms with Crippen molar-refractivity contribution in [1.82, 2.24) is 0 Å². The predicted octanol–water partition coefficient (Wildman–Crippen LogP) is 7.85. The van der Waals surface area contributed by atoms with E-state index < -0.39 is 6.36 Å². The number of rotatable bonds is 9. The Hall–Kier alpha value is -2.26. The SMILES string of the molecule is N#CC=CC=CCCC1CCC(COC2CCC(c3ccc(OC(F)(F)F)cc3)CC2)CC1. The molecule has 0 saturated heterocycles. The van der Waals surface area contributed by atoms with Crippen LogP contribution in [-0.4, -0.2) is 19.1 Å². The minimum atomic E-state index is -4.65. The fraction of sp³-hybridized carbons (Fsp3) is 0.593. The van der Waals surface area contributed by atoms with Crippen molar-refractivity contribution >= 4 is 0 Å². The largest absolute Gasteiger partial charge is 0.573 e. The third kappa shape index (κ3) is 9.25. The molecule has 0 spiro atoms. The third-order valence-electron chi connectivity index (χ3n) is 6.95. The number of ether oxygens (including phenoxy) is 2. The average molecular weight is 462 g/mol. The molecule has 2 aliphatic rings. The molecule has 0 unspecified atom stereocenters. The van der Waals surface area contributed by atoms with Crippen LogP contribution in [0.25, 0.3) is 0 Å². The Morgan fingerprint density at radius 1 is 0.909 bits per heavy atom. The first-order chi connectivity index (χ1) is 15.9. The van der Waals surface area contributed by atoms with Crippen LogP contribution in [-0.2, 0) is 4.74 Å². The lowest BCUT2D eigenvalue weighted by molar-refractivity contribution is -0.274. The first-order valence-electron chi connectivity index (χ1n) is 12.1. The van der Waals surface area contributed by atoms with E-state index in [1.807, 2.05) is 12.1 Å². The third-order valence-corrected chi connectivity index (χ3v) is 6.95. The van der Waals surface area contributed by atoms with E-state index in [2.05, 4.69) is 10.8 Å². The van der Waals surface area contributed by atoms with Crippen molar-refractivity contribution in [3.8, 4) is 11.8 Å². The molecule has 0 amide bonds. The van der Waals surface area contributed by atoms with E-state index in [0.717, 1.165) is 50.2 Å². The van der Waals surface area contributed by atoms with E-state index in [4.69, 9.17) is 10.00 Å². The zero-order valence-electron chi connectivity index (χ0n) is 19.1. The molecule has 0 N–H and O–H groups in total. The molecular weight excluding hydrogens is 427 g/mol. The zero-order chi connectivity index (χ0) is 23.5. The van der Waals surface area contributed by atoms with E-state index >= 15 is 0 Å². The van der Waals surface area contributed by atoms with Crippen LogP contribution < -0.4 is 4.74 Å². The summed E-state index contributed by atoms with van der Waals surface area (Å²) >= 11 is 0. The van der Waals surface area contributed by atoms with Gasteiger partial charge in [-0.05, 0) is 86.8 Å². The van der Waals surface area contributed by atoms with Gasteiger partial charge in [-0.2, -0.15) is 5.26 Å². The highest BCUT2D eigenvalue weighted by Crippen LogP contribution is 2.36. The Morgan fingerprint density at radius 2 is 1.58 bits per heavy atom. The Kier molecular flexibility index (Phi) is 9.87. The second-order valence-electron chi connectivity index (χ2n) is 9.30. The molecule has 3 rings (SSSR count). The number of nitriles is 1. The van der Waals surface area contributed by atoms with Crippen LogP contribution in [0.4, 0.5) is 13.2 Å². The van der Waals surface area contributed by atoms with Crippen LogP contribution in [0.15, 0.2) is 48.6 Å². The lowest BCUT2D eigenvalue weighted by Crippen LogP contribution is -2.25. The highest BCUT2D eigenvalue weighted by Gasteiger charge is 2.31. The molecule has 2 fully saturated rings. The van der Waals surface area contributed by atoms with Gasteiger partial charge in [-0.25, -0.2) is 0 Å². The van der Waals surface area contributed by atoms with E-state index in [1.165, 1.54) is 50.3 Å². The van der Waals surface area contributed by atoms with Gasteiger partial charge in [0.15, 0.2) is 0 Å². The molecule has 0 atom stereocenters. The number of nitrogens with zero attached hydrogens (tertiary/aromatic N) is 1. The standard InChI is InChI=1S/C27H34F3NO2/c28-27(29,30)33-26-17-13-24(14-18-26)23-11-15-25(16-12-23)32-20-22-9-7-21(8-10-22)6-4-2-1-3-5-19-31/h1-3,5,13-14,17-18,21-23,25H,4,6-12,15-16,20H2. The van der Waals surface area contributed by atoms with E-state index in [-0.39, 0.29) is 5.75 Å². The van der Waals surface area contributed by atoms with Crippen molar-refractivity contribution in [1.29, 1.82) is 5.26 Å². The van der Waals surface area contributed by atoms with Gasteiger partial charge in [0.2, 0.25) is 0 Å². The van der Waals surface area contributed by atoms with Gasteiger partial charge in [0.25, 0.3) is 0 Å². The monoisotopic (exact) mass is 461 g/mol. The second-order valence-corrected chi connectivity index (χ2v) is 9.30. The van der Waals surface area contributed by atoms with Crippen molar-refractivity contribution in [3.05, 3.63) is 54.1 Å². The van der Waals surface area contributed by atoms with Crippen molar-refractivity contribution < 1.29 is 22.6 Å². The average Bonchev–Trinajstić information content (AvgIpc) is 2.81. The number of hydrogen-bond donors (Lipinski definition) is 0. The van der Waals surface area contributed by atoms with Crippen molar-refractivity contribution in [2.75, 3.05) is 6.61 Å². The molecule has 2 aliphatic carbocycles. The highest BCUT2D eigenvalue weighted by atomic mass is 19.4. The minimum absolute atomic E-state index is 0.165. The predicted molar refractivity (Wildman–Crippen MR) is 123 cm³/mol. The summed E-state index contributed by atoms with van der Waals surface area (Å²) in [6, 6.07) is 8.31. The summed E-state index contributed by atoms with van der Waals surface area (Å²) in [6.45, 7) is 0.852. The number of halogens is 3. The Bertz CT molecular complexity index is 794. The molecule has 0 heterocycles. The normalized spacial score (nSPS) is 26.5. The van der Waals surface area contributed by atoms with Gasteiger partial charge >= 0.3 is 6.36 Å². The van der Waals surface area contributed by atoms with Gasteiger partial charge in [-0.15, -0.1) is 13.2 Å². The maximum absolute atomic E-state index is 12.3. The summed E-state index contributed by atoms with van der Waals surface area (Å²) in [5.41, 5.74) is 1.08. The molecule has 1 aromatic carbocycles. The molecule has 33 heavy (non-hydrogen) atoms. The molecule has 0 radical (unpaired) electrons. The first-order valence-corrected chi connectivity index (χ1v) is 12.1. The Labute approximate surface area is 195 Å².